The van der Waals surface area contributed by atoms with Crippen molar-refractivity contribution in [3.05, 3.63) is 15.9 Å². The van der Waals surface area contributed by atoms with Gasteiger partial charge in [-0.2, -0.15) is 5.10 Å². The SMILES string of the molecule is CCOC(C(N)Cc1c(Br)c(C)nn1CC)C1CC1. The van der Waals surface area contributed by atoms with Crippen LogP contribution in [0.3, 0.4) is 0 Å². The van der Waals surface area contributed by atoms with Gasteiger partial charge in [-0.3, -0.25) is 4.68 Å². The topological polar surface area (TPSA) is 53.1 Å². The van der Waals surface area contributed by atoms with Crippen molar-refractivity contribution in [2.75, 3.05) is 6.61 Å². The molecule has 19 heavy (non-hydrogen) atoms. The summed E-state index contributed by atoms with van der Waals surface area (Å²) in [7, 11) is 0. The highest BCUT2D eigenvalue weighted by Crippen LogP contribution is 2.36. The average Bonchev–Trinajstić information content (AvgIpc) is 3.18. The zero-order valence-electron chi connectivity index (χ0n) is 12.0. The summed E-state index contributed by atoms with van der Waals surface area (Å²) in [6.07, 6.45) is 3.52. The summed E-state index contributed by atoms with van der Waals surface area (Å²) in [5.41, 5.74) is 8.62. The summed E-state index contributed by atoms with van der Waals surface area (Å²) >= 11 is 3.63. The number of hydrogen-bond donors (Lipinski definition) is 1. The van der Waals surface area contributed by atoms with E-state index in [1.165, 1.54) is 18.5 Å². The highest BCUT2D eigenvalue weighted by molar-refractivity contribution is 9.10. The number of hydrogen-bond acceptors (Lipinski definition) is 3. The first-order valence-electron chi connectivity index (χ1n) is 7.17. The third-order valence-electron chi connectivity index (χ3n) is 3.75. The van der Waals surface area contributed by atoms with Crippen LogP contribution in [-0.4, -0.2) is 28.5 Å². The van der Waals surface area contributed by atoms with Crippen molar-refractivity contribution < 1.29 is 4.74 Å². The normalized spacial score (nSPS) is 18.6. The van der Waals surface area contributed by atoms with Crippen molar-refractivity contribution in [1.82, 2.24) is 9.78 Å². The van der Waals surface area contributed by atoms with E-state index in [-0.39, 0.29) is 12.1 Å². The van der Waals surface area contributed by atoms with Crippen molar-refractivity contribution in [2.24, 2.45) is 11.7 Å². The van der Waals surface area contributed by atoms with Gasteiger partial charge in [-0.05, 0) is 55.5 Å². The van der Waals surface area contributed by atoms with Crippen LogP contribution >= 0.6 is 15.9 Å². The van der Waals surface area contributed by atoms with E-state index in [4.69, 9.17) is 10.5 Å². The van der Waals surface area contributed by atoms with Gasteiger partial charge in [-0.1, -0.05) is 0 Å². The minimum Gasteiger partial charge on any atom is -0.377 e. The van der Waals surface area contributed by atoms with Gasteiger partial charge in [-0.15, -0.1) is 0 Å². The highest BCUT2D eigenvalue weighted by Gasteiger charge is 2.36. The number of ether oxygens (including phenoxy) is 1. The van der Waals surface area contributed by atoms with Gasteiger partial charge in [0.2, 0.25) is 0 Å². The van der Waals surface area contributed by atoms with Crippen LogP contribution in [-0.2, 0) is 17.7 Å². The average molecular weight is 330 g/mol. The van der Waals surface area contributed by atoms with Gasteiger partial charge in [0.15, 0.2) is 0 Å². The molecule has 0 radical (unpaired) electrons. The lowest BCUT2D eigenvalue weighted by atomic mass is 10.0. The first-order chi connectivity index (χ1) is 9.08. The second kappa shape index (κ2) is 6.37. The molecule has 0 spiro atoms. The van der Waals surface area contributed by atoms with E-state index in [1.54, 1.807) is 0 Å². The molecule has 1 aliphatic carbocycles. The molecule has 0 bridgehead atoms. The molecular formula is C14H24BrN3O. The van der Waals surface area contributed by atoms with Crippen LogP contribution in [0.2, 0.25) is 0 Å². The van der Waals surface area contributed by atoms with Crippen molar-refractivity contribution >= 4 is 15.9 Å². The van der Waals surface area contributed by atoms with Crippen LogP contribution < -0.4 is 5.73 Å². The van der Waals surface area contributed by atoms with E-state index in [2.05, 4.69) is 28.0 Å². The number of halogens is 1. The Balaban J connectivity index is 2.10. The number of aromatic nitrogens is 2. The Kier molecular flexibility index (Phi) is 5.03. The third kappa shape index (κ3) is 3.38. The Bertz CT molecular complexity index is 429. The second-order valence-corrected chi connectivity index (χ2v) is 6.08. The largest absolute Gasteiger partial charge is 0.377 e. The fourth-order valence-electron chi connectivity index (χ4n) is 2.63. The lowest BCUT2D eigenvalue weighted by Crippen LogP contribution is -2.40. The molecule has 0 aromatic carbocycles. The predicted molar refractivity (Wildman–Crippen MR) is 80.2 cm³/mol. The Labute approximate surface area is 123 Å². The van der Waals surface area contributed by atoms with Crippen LogP contribution in [0.1, 0.15) is 38.1 Å². The maximum atomic E-state index is 6.39. The van der Waals surface area contributed by atoms with Crippen LogP contribution in [0.25, 0.3) is 0 Å². The minimum atomic E-state index is 0.0464. The zero-order chi connectivity index (χ0) is 14.0. The molecule has 5 heteroatoms. The molecule has 0 saturated heterocycles. The maximum Gasteiger partial charge on any atom is 0.0757 e. The molecule has 2 rings (SSSR count). The molecular weight excluding hydrogens is 306 g/mol. The van der Waals surface area contributed by atoms with Gasteiger partial charge in [-0.25, -0.2) is 0 Å². The fraction of sp³-hybridized carbons (Fsp3) is 0.786. The lowest BCUT2D eigenvalue weighted by molar-refractivity contribution is 0.0283. The summed E-state index contributed by atoms with van der Waals surface area (Å²) < 4.78 is 8.98. The van der Waals surface area contributed by atoms with Gasteiger partial charge in [0, 0.05) is 25.6 Å². The van der Waals surface area contributed by atoms with Crippen molar-refractivity contribution in [3.8, 4) is 0 Å². The Hall–Kier alpha value is -0.390. The second-order valence-electron chi connectivity index (χ2n) is 5.29. The van der Waals surface area contributed by atoms with E-state index in [9.17, 15) is 0 Å². The molecule has 4 nitrogen and oxygen atoms in total. The van der Waals surface area contributed by atoms with Gasteiger partial charge in [0.1, 0.15) is 0 Å². The molecule has 1 aromatic heterocycles. The Morgan fingerprint density at radius 2 is 2.16 bits per heavy atom. The van der Waals surface area contributed by atoms with Crippen molar-refractivity contribution in [3.63, 3.8) is 0 Å². The molecule has 1 saturated carbocycles. The third-order valence-corrected chi connectivity index (χ3v) is 4.78. The summed E-state index contributed by atoms with van der Waals surface area (Å²) in [5, 5.41) is 4.52. The monoisotopic (exact) mass is 329 g/mol. The first kappa shape index (κ1) is 15.0. The van der Waals surface area contributed by atoms with E-state index >= 15 is 0 Å². The van der Waals surface area contributed by atoms with E-state index in [0.29, 0.717) is 5.92 Å². The zero-order valence-corrected chi connectivity index (χ0v) is 13.6. The summed E-state index contributed by atoms with van der Waals surface area (Å²) in [6, 6.07) is 0.0464. The molecule has 2 unspecified atom stereocenters. The molecule has 2 atom stereocenters. The number of nitrogens with two attached hydrogens (primary N) is 1. The molecule has 108 valence electrons. The van der Waals surface area contributed by atoms with Gasteiger partial charge in [0.05, 0.1) is 22.0 Å². The lowest BCUT2D eigenvalue weighted by Gasteiger charge is -2.24. The van der Waals surface area contributed by atoms with E-state index in [1.807, 2.05) is 18.5 Å². The van der Waals surface area contributed by atoms with Crippen molar-refractivity contribution in [2.45, 2.75) is 58.7 Å². The highest BCUT2D eigenvalue weighted by atomic mass is 79.9. The first-order valence-corrected chi connectivity index (χ1v) is 7.96. The van der Waals surface area contributed by atoms with Crippen LogP contribution in [0.5, 0.6) is 0 Å². The van der Waals surface area contributed by atoms with Gasteiger partial charge < -0.3 is 10.5 Å². The number of nitrogens with zero attached hydrogens (tertiary/aromatic N) is 2. The van der Waals surface area contributed by atoms with Crippen molar-refractivity contribution in [1.29, 1.82) is 0 Å². The Morgan fingerprint density at radius 1 is 1.47 bits per heavy atom. The quantitative estimate of drug-likeness (QED) is 0.836. The molecule has 1 heterocycles. The van der Waals surface area contributed by atoms with E-state index in [0.717, 1.165) is 29.7 Å². The standard InChI is InChI=1S/C14H24BrN3O/c1-4-18-12(13(15)9(3)17-18)8-11(16)14(19-5-2)10-6-7-10/h10-11,14H,4-8,16H2,1-3H3. The summed E-state index contributed by atoms with van der Waals surface area (Å²) in [6.45, 7) is 7.78. The smallest absolute Gasteiger partial charge is 0.0757 e. The molecule has 0 amide bonds. The van der Waals surface area contributed by atoms with Gasteiger partial charge >= 0.3 is 0 Å². The molecule has 1 aliphatic rings. The van der Waals surface area contributed by atoms with Gasteiger partial charge in [0.25, 0.3) is 0 Å². The molecule has 0 aliphatic heterocycles. The molecule has 2 N–H and O–H groups in total. The predicted octanol–water partition coefficient (Wildman–Crippen LogP) is 2.66. The summed E-state index contributed by atoms with van der Waals surface area (Å²) in [4.78, 5) is 0. The molecule has 1 fully saturated rings. The maximum absolute atomic E-state index is 6.39. The van der Waals surface area contributed by atoms with Crippen LogP contribution in [0, 0.1) is 12.8 Å². The van der Waals surface area contributed by atoms with E-state index < -0.39 is 0 Å². The minimum absolute atomic E-state index is 0.0464. The van der Waals surface area contributed by atoms with Crippen LogP contribution in [0.15, 0.2) is 4.47 Å². The fourth-order valence-corrected chi connectivity index (χ4v) is 3.08. The molecule has 1 aromatic rings. The number of aryl methyl sites for hydroxylation is 2. The number of rotatable bonds is 7. The van der Waals surface area contributed by atoms with Crippen LogP contribution in [0.4, 0.5) is 0 Å². The summed E-state index contributed by atoms with van der Waals surface area (Å²) in [5.74, 6) is 0.660. The Morgan fingerprint density at radius 3 is 2.68 bits per heavy atom.